The number of hydrogen-bond acceptors (Lipinski definition) is 6. The number of hydrogen-bond donors (Lipinski definition) is 3. The van der Waals surface area contributed by atoms with E-state index in [0.29, 0.717) is 0 Å². The molecule has 0 unspecified atom stereocenters. The quantitative estimate of drug-likeness (QED) is 0.449. The molecule has 0 aliphatic rings. The molecule has 0 amide bonds. The number of anilines is 1. The summed E-state index contributed by atoms with van der Waals surface area (Å²) in [5, 5.41) is 36.9. The van der Waals surface area contributed by atoms with Crippen molar-refractivity contribution in [2.45, 2.75) is 6.42 Å². The Kier molecular flexibility index (Phi) is 13.2. The summed E-state index contributed by atoms with van der Waals surface area (Å²) in [6, 6.07) is 1.80. The number of thiophene rings is 1. The fourth-order valence-corrected chi connectivity index (χ4v) is 2.58. The molecule has 8 nitrogen and oxygen atoms in total. The predicted molar refractivity (Wildman–Crippen MR) is 79.4 cm³/mol. The van der Waals surface area contributed by atoms with Crippen LogP contribution >= 0.6 is 11.3 Å². The average molecular weight is 474 g/mol. The third-order valence-corrected chi connectivity index (χ3v) is 3.33. The van der Waals surface area contributed by atoms with Gasteiger partial charge in [0.2, 0.25) is 0 Å². The number of aliphatic carboxylic acids is 3. The van der Waals surface area contributed by atoms with Crippen molar-refractivity contribution < 1.29 is 29.7 Å². The molecule has 0 fully saturated rings. The maximum Gasteiger partial charge on any atom is 2.00 e. The van der Waals surface area contributed by atoms with E-state index < -0.39 is 31.0 Å². The maximum atomic E-state index is 10.7. The molecule has 22 heavy (non-hydrogen) atoms. The molecule has 106 valence electrons. The smallest absolute Gasteiger partial charge is 0.481 e. The van der Waals surface area contributed by atoms with Crippen molar-refractivity contribution >= 4 is 125 Å². The number of nitrogens with zero attached hydrogens (tertiary/aromatic N) is 2. The van der Waals surface area contributed by atoms with Crippen molar-refractivity contribution in [1.82, 2.24) is 0 Å². The number of carbonyl (C=O) groups is 3. The zero-order chi connectivity index (χ0) is 15.3. The van der Waals surface area contributed by atoms with Crippen LogP contribution in [0.15, 0.2) is 5.38 Å². The first-order valence-corrected chi connectivity index (χ1v) is 6.14. The Bertz CT molecular complexity index is 582. The first-order chi connectivity index (χ1) is 9.35. The molecule has 0 atom stereocenters. The van der Waals surface area contributed by atoms with E-state index in [1.165, 1.54) is 5.38 Å². The van der Waals surface area contributed by atoms with Gasteiger partial charge in [-0.05, 0) is 10.9 Å². The van der Waals surface area contributed by atoms with E-state index in [0.717, 1.165) is 16.2 Å². The summed E-state index contributed by atoms with van der Waals surface area (Å²) in [6.45, 7) is -1.18. The molecule has 0 aromatic carbocycles. The Morgan fingerprint density at radius 2 is 1.59 bits per heavy atom. The second-order valence-corrected chi connectivity index (χ2v) is 4.63. The maximum absolute atomic E-state index is 10.7. The Balaban J connectivity index is 0. The van der Waals surface area contributed by atoms with Gasteiger partial charge < -0.3 is 20.2 Å². The van der Waals surface area contributed by atoms with Gasteiger partial charge in [0.05, 0.1) is 12.0 Å². The van der Waals surface area contributed by atoms with Crippen LogP contribution in [0.2, 0.25) is 0 Å². The molecule has 0 aliphatic carbocycles. The van der Waals surface area contributed by atoms with E-state index >= 15 is 0 Å². The van der Waals surface area contributed by atoms with Gasteiger partial charge in [-0.15, -0.1) is 11.3 Å². The summed E-state index contributed by atoms with van der Waals surface area (Å²) in [4.78, 5) is 33.2. The van der Waals surface area contributed by atoms with Crippen LogP contribution < -0.4 is 4.90 Å². The summed E-state index contributed by atoms with van der Waals surface area (Å²) in [6.07, 6.45) is -0.382. The van der Waals surface area contributed by atoms with E-state index in [9.17, 15) is 14.4 Å². The minimum atomic E-state index is -1.25. The van der Waals surface area contributed by atoms with Gasteiger partial charge in [-0.1, -0.05) is 0 Å². The summed E-state index contributed by atoms with van der Waals surface area (Å²) in [7, 11) is 0. The van der Waals surface area contributed by atoms with Crippen LogP contribution in [-0.2, 0) is 20.8 Å². The van der Waals surface area contributed by atoms with Gasteiger partial charge in [0.25, 0.3) is 0 Å². The largest absolute Gasteiger partial charge is 2.00 e. The van der Waals surface area contributed by atoms with Crippen LogP contribution in [0.4, 0.5) is 5.00 Å². The van der Waals surface area contributed by atoms with Crippen LogP contribution in [0.25, 0.3) is 0 Å². The second kappa shape index (κ2) is 11.8. The summed E-state index contributed by atoms with van der Waals surface area (Å²) < 4.78 is 0. The van der Waals surface area contributed by atoms with Gasteiger partial charge in [0, 0.05) is 0 Å². The van der Waals surface area contributed by atoms with Gasteiger partial charge in [0.1, 0.15) is 24.2 Å². The van der Waals surface area contributed by atoms with Gasteiger partial charge >= 0.3 is 109 Å². The second-order valence-electron chi connectivity index (χ2n) is 3.77. The molecule has 1 heterocycles. The van der Waals surface area contributed by atoms with E-state index in [4.69, 9.17) is 20.6 Å². The molecule has 1 aromatic rings. The number of carboxylic acids is 3. The number of carboxylic acid groups (broad SMARTS) is 3. The van der Waals surface area contributed by atoms with Gasteiger partial charge in [-0.3, -0.25) is 14.4 Å². The molecule has 0 bridgehead atoms. The molecular weight excluding hydrogens is 463 g/mol. The van der Waals surface area contributed by atoms with Crippen molar-refractivity contribution in [3.05, 3.63) is 16.5 Å². The summed E-state index contributed by atoms with van der Waals surface area (Å²) in [5.41, 5.74) is 0.237. The Morgan fingerprint density at radius 3 is 1.95 bits per heavy atom. The van der Waals surface area contributed by atoms with Crippen molar-refractivity contribution in [2.75, 3.05) is 18.0 Å². The monoisotopic (exact) mass is 474 g/mol. The first-order valence-electron chi connectivity index (χ1n) is 5.26. The fraction of sp³-hybridized carbons (Fsp3) is 0.273. The molecule has 0 radical (unpaired) electrons. The molecule has 1 rings (SSSR count). The zero-order valence-electron chi connectivity index (χ0n) is 11.5. The Hall–Kier alpha value is 0.361. The van der Waals surface area contributed by atoms with E-state index in [-0.39, 0.29) is 114 Å². The van der Waals surface area contributed by atoms with Crippen LogP contribution in [0.3, 0.4) is 0 Å². The molecule has 0 saturated carbocycles. The van der Waals surface area contributed by atoms with Crippen molar-refractivity contribution in [3.8, 4) is 6.07 Å². The number of rotatable bonds is 7. The summed E-state index contributed by atoms with van der Waals surface area (Å²) >= 11 is 0.948. The minimum Gasteiger partial charge on any atom is -0.481 e. The van der Waals surface area contributed by atoms with Crippen molar-refractivity contribution in [2.24, 2.45) is 0 Å². The topological polar surface area (TPSA) is 139 Å². The molecule has 0 aliphatic heterocycles. The first kappa shape index (κ1) is 24.6. The molecule has 1 aromatic heterocycles. The van der Waals surface area contributed by atoms with Crippen molar-refractivity contribution in [1.29, 1.82) is 5.26 Å². The minimum absolute atomic E-state index is 0. The van der Waals surface area contributed by atoms with Crippen LogP contribution in [-0.4, -0.2) is 137 Å². The Morgan fingerprint density at radius 1 is 1.09 bits per heavy atom. The Labute approximate surface area is 203 Å². The molecule has 11 heteroatoms. The SMILES string of the molecule is N#Cc1c(CC(=O)O)csc1N(CC(=O)O)CC(=O)O.[Sr+2].[Sr+2]. The standard InChI is InChI=1S/C11H10N2O6S.2Sr/c12-2-7-6(1-8(14)15)5-20-11(7)13(3-9(16)17)4-10(18)19;;/h5H,1,3-4H2,(H,14,15)(H,16,17)(H,18,19);;/q;2*+2. The third kappa shape index (κ3) is 7.76. The predicted octanol–water partition coefficient (Wildman–Crippen LogP) is -0.539. The van der Waals surface area contributed by atoms with Crippen molar-refractivity contribution in [3.63, 3.8) is 0 Å². The van der Waals surface area contributed by atoms with Gasteiger partial charge in [0.15, 0.2) is 0 Å². The van der Waals surface area contributed by atoms with Gasteiger partial charge in [-0.2, -0.15) is 5.26 Å². The zero-order valence-corrected chi connectivity index (χ0v) is 19.3. The molecular formula is C11H10N2O6SSr2+4. The normalized spacial score (nSPS) is 8.86. The third-order valence-electron chi connectivity index (χ3n) is 2.24. The van der Waals surface area contributed by atoms with Crippen LogP contribution in [0, 0.1) is 11.3 Å². The van der Waals surface area contributed by atoms with Crippen LogP contribution in [0.5, 0.6) is 0 Å². The van der Waals surface area contributed by atoms with E-state index in [1.54, 1.807) is 6.07 Å². The summed E-state index contributed by atoms with van der Waals surface area (Å²) in [5.74, 6) is -3.62. The molecule has 3 N–H and O–H groups in total. The fourth-order valence-electron chi connectivity index (χ4n) is 1.55. The van der Waals surface area contributed by atoms with Gasteiger partial charge in [-0.25, -0.2) is 0 Å². The van der Waals surface area contributed by atoms with E-state index in [1.807, 2.05) is 0 Å². The van der Waals surface area contributed by atoms with E-state index in [2.05, 4.69) is 0 Å². The molecule has 0 saturated heterocycles. The van der Waals surface area contributed by atoms with Crippen LogP contribution in [0.1, 0.15) is 11.1 Å². The number of nitriles is 1. The molecule has 0 spiro atoms. The average Bonchev–Trinajstić information content (AvgIpc) is 2.68.